The Morgan fingerprint density at radius 3 is 2.44 bits per heavy atom. The lowest BCUT2D eigenvalue weighted by atomic mass is 10.2. The molecule has 0 unspecified atom stereocenters. The van der Waals surface area contributed by atoms with E-state index in [0.29, 0.717) is 21.4 Å². The summed E-state index contributed by atoms with van der Waals surface area (Å²) < 4.78 is 1.71. The minimum atomic E-state index is -0.511. The zero-order valence-electron chi connectivity index (χ0n) is 15.9. The van der Waals surface area contributed by atoms with Crippen molar-refractivity contribution in [2.24, 2.45) is 7.05 Å². The number of likely N-dealkylation sites (N-methyl/N-ethyl adjacent to an activating group) is 1. The number of hydrogen-bond donors (Lipinski definition) is 2. The van der Waals surface area contributed by atoms with E-state index in [1.165, 1.54) is 0 Å². The van der Waals surface area contributed by atoms with Crippen molar-refractivity contribution < 1.29 is 9.59 Å². The average molecular weight is 412 g/mol. The first kappa shape index (κ1) is 21.2. The van der Waals surface area contributed by atoms with Crippen molar-refractivity contribution in [2.45, 2.75) is 26.8 Å². The van der Waals surface area contributed by atoms with E-state index in [-0.39, 0.29) is 18.4 Å². The van der Waals surface area contributed by atoms with Crippen LogP contribution < -0.4 is 10.6 Å². The molecule has 0 saturated carbocycles. The van der Waals surface area contributed by atoms with Gasteiger partial charge in [-0.1, -0.05) is 23.2 Å². The zero-order chi connectivity index (χ0) is 20.3. The smallest absolute Gasteiger partial charge is 0.241 e. The van der Waals surface area contributed by atoms with Gasteiger partial charge in [-0.05, 0) is 46.0 Å². The largest absolute Gasteiger partial charge is 0.325 e. The monoisotopic (exact) mass is 411 g/mol. The lowest BCUT2D eigenvalue weighted by Crippen LogP contribution is -2.43. The number of amides is 2. The molecule has 146 valence electrons. The molecule has 0 aliphatic heterocycles. The van der Waals surface area contributed by atoms with Gasteiger partial charge in [0.15, 0.2) is 0 Å². The second kappa shape index (κ2) is 8.73. The summed E-state index contributed by atoms with van der Waals surface area (Å²) in [5.74, 6) is -0.469. The molecular formula is C18H23Cl2N5O2. The van der Waals surface area contributed by atoms with Crippen molar-refractivity contribution in [2.75, 3.05) is 24.2 Å². The summed E-state index contributed by atoms with van der Waals surface area (Å²) >= 11 is 11.8. The van der Waals surface area contributed by atoms with Crippen LogP contribution in [0, 0.1) is 13.8 Å². The third-order valence-corrected chi connectivity index (χ3v) is 5.13. The van der Waals surface area contributed by atoms with E-state index >= 15 is 0 Å². The molecule has 2 N–H and O–H groups in total. The van der Waals surface area contributed by atoms with Crippen LogP contribution in [-0.2, 0) is 16.6 Å². The Hall–Kier alpha value is -2.09. The number of carbonyl (C=O) groups is 2. The van der Waals surface area contributed by atoms with Crippen LogP contribution in [0.3, 0.4) is 0 Å². The predicted molar refractivity (Wildman–Crippen MR) is 108 cm³/mol. The number of aryl methyl sites for hydroxylation is 2. The number of hydrogen-bond acceptors (Lipinski definition) is 4. The van der Waals surface area contributed by atoms with Crippen molar-refractivity contribution in [3.05, 3.63) is 39.6 Å². The van der Waals surface area contributed by atoms with Crippen LogP contribution in [0.2, 0.25) is 10.0 Å². The van der Waals surface area contributed by atoms with Crippen molar-refractivity contribution >= 4 is 46.4 Å². The van der Waals surface area contributed by atoms with Crippen molar-refractivity contribution in [3.8, 4) is 0 Å². The van der Waals surface area contributed by atoms with Gasteiger partial charge >= 0.3 is 0 Å². The molecule has 0 aliphatic rings. The average Bonchev–Trinajstić information content (AvgIpc) is 2.83. The number of nitrogens with one attached hydrogen (secondary N) is 2. The summed E-state index contributed by atoms with van der Waals surface area (Å²) in [6.07, 6.45) is 0. The van der Waals surface area contributed by atoms with E-state index in [4.69, 9.17) is 23.2 Å². The first-order valence-corrected chi connectivity index (χ1v) is 9.12. The van der Waals surface area contributed by atoms with Gasteiger partial charge in [0.1, 0.15) is 0 Å². The third-order valence-electron chi connectivity index (χ3n) is 4.39. The minimum Gasteiger partial charge on any atom is -0.325 e. The van der Waals surface area contributed by atoms with Gasteiger partial charge in [-0.2, -0.15) is 5.10 Å². The Bertz CT molecular complexity index is 866. The highest BCUT2D eigenvalue weighted by Gasteiger charge is 2.22. The minimum absolute atomic E-state index is 0.0415. The maximum atomic E-state index is 12.5. The second-order valence-corrected chi connectivity index (χ2v) is 7.24. The summed E-state index contributed by atoms with van der Waals surface area (Å²) in [5.41, 5.74) is 2.85. The quantitative estimate of drug-likeness (QED) is 0.764. The van der Waals surface area contributed by atoms with Crippen LogP contribution in [0.25, 0.3) is 0 Å². The fourth-order valence-electron chi connectivity index (χ4n) is 2.52. The van der Waals surface area contributed by atoms with E-state index < -0.39 is 6.04 Å². The lowest BCUT2D eigenvalue weighted by Gasteiger charge is -2.23. The molecule has 1 aromatic heterocycles. The van der Waals surface area contributed by atoms with Crippen LogP contribution in [0.1, 0.15) is 18.3 Å². The molecule has 27 heavy (non-hydrogen) atoms. The molecule has 2 aromatic rings. The number of nitrogens with zero attached hydrogens (tertiary/aromatic N) is 3. The fourth-order valence-corrected chi connectivity index (χ4v) is 2.82. The number of rotatable bonds is 6. The Morgan fingerprint density at radius 2 is 1.89 bits per heavy atom. The predicted octanol–water partition coefficient (Wildman–Crippen LogP) is 3.24. The van der Waals surface area contributed by atoms with Gasteiger partial charge in [0.25, 0.3) is 0 Å². The summed E-state index contributed by atoms with van der Waals surface area (Å²) in [6, 6.07) is 4.34. The molecule has 1 aromatic carbocycles. The highest BCUT2D eigenvalue weighted by atomic mass is 35.5. The lowest BCUT2D eigenvalue weighted by molar-refractivity contribution is -0.122. The normalized spacial score (nSPS) is 12.1. The summed E-state index contributed by atoms with van der Waals surface area (Å²) in [4.78, 5) is 26.4. The van der Waals surface area contributed by atoms with E-state index in [9.17, 15) is 9.59 Å². The van der Waals surface area contributed by atoms with E-state index in [1.807, 2.05) is 20.9 Å². The van der Waals surface area contributed by atoms with Gasteiger partial charge in [-0.25, -0.2) is 0 Å². The van der Waals surface area contributed by atoms with Crippen molar-refractivity contribution in [1.82, 2.24) is 14.7 Å². The molecule has 0 radical (unpaired) electrons. The van der Waals surface area contributed by atoms with E-state index in [2.05, 4.69) is 15.7 Å². The van der Waals surface area contributed by atoms with Gasteiger partial charge in [-0.15, -0.1) is 0 Å². The number of benzene rings is 1. The Morgan fingerprint density at radius 1 is 1.22 bits per heavy atom. The maximum Gasteiger partial charge on any atom is 0.241 e. The van der Waals surface area contributed by atoms with Crippen LogP contribution in [0.15, 0.2) is 18.2 Å². The fraction of sp³-hybridized carbons (Fsp3) is 0.389. The molecular weight excluding hydrogens is 389 g/mol. The van der Waals surface area contributed by atoms with Crippen molar-refractivity contribution in [3.63, 3.8) is 0 Å². The van der Waals surface area contributed by atoms with Crippen LogP contribution >= 0.6 is 23.2 Å². The maximum absolute atomic E-state index is 12.5. The standard InChI is InChI=1S/C18H23Cl2N5O2/c1-10-17(11(2)25(5)23-10)22-18(27)12(3)24(4)9-16(26)21-13-6-7-14(19)15(20)8-13/h6-8,12H,9H2,1-5H3,(H,21,26)(H,22,27)/t12-/m1/s1. The first-order valence-electron chi connectivity index (χ1n) is 8.36. The van der Waals surface area contributed by atoms with Crippen LogP contribution in [0.5, 0.6) is 0 Å². The topological polar surface area (TPSA) is 79.3 Å². The first-order chi connectivity index (χ1) is 12.6. The van der Waals surface area contributed by atoms with Gasteiger partial charge in [0, 0.05) is 12.7 Å². The SMILES string of the molecule is Cc1nn(C)c(C)c1NC(=O)[C@@H](C)N(C)CC(=O)Nc1ccc(Cl)c(Cl)c1. The molecule has 0 bridgehead atoms. The number of halogens is 2. The Balaban J connectivity index is 1.95. The number of carbonyl (C=O) groups excluding carboxylic acids is 2. The molecule has 2 rings (SSSR count). The molecule has 0 spiro atoms. The zero-order valence-corrected chi connectivity index (χ0v) is 17.4. The molecule has 7 nitrogen and oxygen atoms in total. The highest BCUT2D eigenvalue weighted by Crippen LogP contribution is 2.25. The Labute approximate surface area is 168 Å². The van der Waals surface area contributed by atoms with Gasteiger partial charge < -0.3 is 10.6 Å². The molecule has 1 heterocycles. The molecule has 0 saturated heterocycles. The summed E-state index contributed by atoms with van der Waals surface area (Å²) in [6.45, 7) is 5.50. The third kappa shape index (κ3) is 5.22. The Kier molecular flexibility index (Phi) is 6.86. The van der Waals surface area contributed by atoms with E-state index in [1.54, 1.807) is 41.8 Å². The summed E-state index contributed by atoms with van der Waals surface area (Å²) in [7, 11) is 3.53. The second-order valence-electron chi connectivity index (χ2n) is 6.43. The number of anilines is 2. The summed E-state index contributed by atoms with van der Waals surface area (Å²) in [5, 5.41) is 10.7. The molecule has 1 atom stereocenters. The van der Waals surface area contributed by atoms with Gasteiger partial charge in [-0.3, -0.25) is 19.2 Å². The van der Waals surface area contributed by atoms with Crippen LogP contribution in [-0.4, -0.2) is 46.1 Å². The number of aromatic nitrogens is 2. The molecule has 9 heteroatoms. The molecule has 2 amide bonds. The highest BCUT2D eigenvalue weighted by molar-refractivity contribution is 6.42. The van der Waals surface area contributed by atoms with Crippen LogP contribution in [0.4, 0.5) is 11.4 Å². The van der Waals surface area contributed by atoms with E-state index in [0.717, 1.165) is 11.4 Å². The molecule has 0 aliphatic carbocycles. The van der Waals surface area contributed by atoms with Crippen molar-refractivity contribution in [1.29, 1.82) is 0 Å². The molecule has 0 fully saturated rings. The van der Waals surface area contributed by atoms with Gasteiger partial charge in [0.2, 0.25) is 11.8 Å². The van der Waals surface area contributed by atoms with Gasteiger partial charge in [0.05, 0.1) is 39.7 Å².